The number of aryl methyl sites for hydroxylation is 1. The van der Waals surface area contributed by atoms with E-state index >= 15 is 0 Å². The molecule has 0 bridgehead atoms. The van der Waals surface area contributed by atoms with Crippen LogP contribution in [0.1, 0.15) is 26.0 Å². The fraction of sp³-hybridized carbons (Fsp3) is 0.200. The van der Waals surface area contributed by atoms with Crippen molar-refractivity contribution in [1.82, 2.24) is 0 Å². The average molecular weight is 271 g/mol. The predicted molar refractivity (Wildman–Crippen MR) is 74.7 cm³/mol. The Morgan fingerprint density at radius 1 is 1.32 bits per heavy atom. The molecule has 0 aliphatic heterocycles. The molecule has 96 valence electrons. The molecule has 3 nitrogen and oxygen atoms in total. The number of rotatable bonds is 4. The van der Waals surface area contributed by atoms with Gasteiger partial charge in [0.15, 0.2) is 5.78 Å². The molecule has 1 heterocycles. The molecule has 0 amide bonds. The Morgan fingerprint density at radius 3 is 2.63 bits per heavy atom. The predicted octanol–water partition coefficient (Wildman–Crippen LogP) is 3.56. The summed E-state index contributed by atoms with van der Waals surface area (Å²) in [6.45, 7) is 1.94. The Kier molecular flexibility index (Phi) is 3.98. The van der Waals surface area contributed by atoms with Crippen LogP contribution in [0.3, 0.4) is 0 Å². The monoisotopic (exact) mass is 271 g/mol. The summed E-state index contributed by atoms with van der Waals surface area (Å²) in [6, 6.07) is 12.9. The van der Waals surface area contributed by atoms with E-state index in [1.54, 1.807) is 24.3 Å². The molecule has 1 aromatic heterocycles. The first-order valence-electron chi connectivity index (χ1n) is 5.80. The molecule has 0 radical (unpaired) electrons. The van der Waals surface area contributed by atoms with E-state index in [4.69, 9.17) is 4.74 Å². The van der Waals surface area contributed by atoms with Crippen LogP contribution < -0.4 is 4.74 Å². The normalized spacial score (nSPS) is 11.6. The summed E-state index contributed by atoms with van der Waals surface area (Å²) < 4.78 is 5.22. The van der Waals surface area contributed by atoms with Crippen LogP contribution in [0.15, 0.2) is 36.4 Å². The number of nitrogens with zero attached hydrogens (tertiary/aromatic N) is 1. The van der Waals surface area contributed by atoms with E-state index in [9.17, 15) is 10.1 Å². The van der Waals surface area contributed by atoms with Crippen LogP contribution >= 0.6 is 11.3 Å². The molecule has 0 aliphatic rings. The van der Waals surface area contributed by atoms with Gasteiger partial charge in [-0.15, -0.1) is 11.3 Å². The maximum absolute atomic E-state index is 12.4. The molecule has 4 heteroatoms. The van der Waals surface area contributed by atoms with Gasteiger partial charge in [0.2, 0.25) is 0 Å². The number of thiophene rings is 1. The molecule has 2 aromatic rings. The van der Waals surface area contributed by atoms with Crippen molar-refractivity contribution in [2.75, 3.05) is 7.11 Å². The van der Waals surface area contributed by atoms with Crippen LogP contribution in [0.25, 0.3) is 0 Å². The van der Waals surface area contributed by atoms with E-state index in [0.717, 1.165) is 4.88 Å². The molecule has 0 fully saturated rings. The molecule has 2 rings (SSSR count). The van der Waals surface area contributed by atoms with Crippen LogP contribution in [0.5, 0.6) is 5.75 Å². The van der Waals surface area contributed by atoms with Gasteiger partial charge in [-0.1, -0.05) is 18.2 Å². The number of Topliss-reactive ketones (excluding diaryl/α,β-unsaturated/α-hetero) is 1. The van der Waals surface area contributed by atoms with Gasteiger partial charge in [0.05, 0.1) is 18.1 Å². The lowest BCUT2D eigenvalue weighted by atomic mass is 9.94. The van der Waals surface area contributed by atoms with E-state index in [2.05, 4.69) is 6.07 Å². The largest absolute Gasteiger partial charge is 0.496 e. The number of ether oxygens (including phenoxy) is 1. The maximum Gasteiger partial charge on any atom is 0.194 e. The molecule has 19 heavy (non-hydrogen) atoms. The molecular weight excluding hydrogens is 258 g/mol. The van der Waals surface area contributed by atoms with Crippen molar-refractivity contribution >= 4 is 17.1 Å². The van der Waals surface area contributed by atoms with Gasteiger partial charge in [-0.25, -0.2) is 0 Å². The Morgan fingerprint density at radius 2 is 2.05 bits per heavy atom. The highest BCUT2D eigenvalue weighted by atomic mass is 32.1. The van der Waals surface area contributed by atoms with E-state index in [0.29, 0.717) is 16.2 Å². The number of methoxy groups -OCH3 is 1. The van der Waals surface area contributed by atoms with Crippen LogP contribution in [0.2, 0.25) is 0 Å². The number of benzene rings is 1. The van der Waals surface area contributed by atoms with Gasteiger partial charge in [0, 0.05) is 10.4 Å². The van der Waals surface area contributed by atoms with Gasteiger partial charge in [-0.2, -0.15) is 5.26 Å². The standard InChI is InChI=1S/C15H13NO2S/c1-10-7-8-14(19-10)15(17)12(9-16)11-5-3-4-6-13(11)18-2/h3-8,12H,1-2H3. The average Bonchev–Trinajstić information content (AvgIpc) is 2.86. The zero-order valence-corrected chi connectivity index (χ0v) is 11.5. The first-order valence-corrected chi connectivity index (χ1v) is 6.62. The molecule has 1 atom stereocenters. The summed E-state index contributed by atoms with van der Waals surface area (Å²) in [5, 5.41) is 9.32. The summed E-state index contributed by atoms with van der Waals surface area (Å²) in [5.74, 6) is -0.435. The van der Waals surface area contributed by atoms with Crippen molar-refractivity contribution in [3.63, 3.8) is 0 Å². The van der Waals surface area contributed by atoms with Gasteiger partial charge in [-0.3, -0.25) is 4.79 Å². The van der Waals surface area contributed by atoms with Gasteiger partial charge in [0.1, 0.15) is 11.7 Å². The Balaban J connectivity index is 2.40. The maximum atomic E-state index is 12.4. The molecule has 0 saturated heterocycles. The third kappa shape index (κ3) is 2.67. The summed E-state index contributed by atoms with van der Waals surface area (Å²) in [6.07, 6.45) is 0. The second kappa shape index (κ2) is 5.68. The lowest BCUT2D eigenvalue weighted by Crippen LogP contribution is -2.11. The van der Waals surface area contributed by atoms with Crippen LogP contribution in [-0.4, -0.2) is 12.9 Å². The smallest absolute Gasteiger partial charge is 0.194 e. The summed E-state index contributed by atoms with van der Waals surface area (Å²) in [4.78, 5) is 14.1. The van der Waals surface area contributed by atoms with Crippen molar-refractivity contribution in [2.24, 2.45) is 0 Å². The molecule has 1 aromatic carbocycles. The fourth-order valence-electron chi connectivity index (χ4n) is 1.88. The quantitative estimate of drug-likeness (QED) is 0.799. The van der Waals surface area contributed by atoms with Gasteiger partial charge in [-0.05, 0) is 25.1 Å². The SMILES string of the molecule is COc1ccccc1C(C#N)C(=O)c1ccc(C)s1. The Labute approximate surface area is 116 Å². The summed E-state index contributed by atoms with van der Waals surface area (Å²) >= 11 is 1.41. The number of para-hydroxylation sites is 1. The number of carbonyl (C=O) groups excluding carboxylic acids is 1. The van der Waals surface area contributed by atoms with E-state index in [1.165, 1.54) is 18.4 Å². The number of nitriles is 1. The number of ketones is 1. The molecular formula is C15H13NO2S. The molecule has 0 N–H and O–H groups in total. The fourth-order valence-corrected chi connectivity index (χ4v) is 2.72. The van der Waals surface area contributed by atoms with Crippen molar-refractivity contribution < 1.29 is 9.53 Å². The number of hydrogen-bond donors (Lipinski definition) is 0. The highest BCUT2D eigenvalue weighted by molar-refractivity contribution is 7.14. The third-order valence-corrected chi connectivity index (χ3v) is 3.84. The van der Waals surface area contributed by atoms with Crippen LogP contribution in [-0.2, 0) is 0 Å². The van der Waals surface area contributed by atoms with Gasteiger partial charge >= 0.3 is 0 Å². The minimum Gasteiger partial charge on any atom is -0.496 e. The lowest BCUT2D eigenvalue weighted by molar-refractivity contribution is 0.0981. The van der Waals surface area contributed by atoms with E-state index in [1.807, 2.05) is 19.1 Å². The minimum absolute atomic E-state index is 0.176. The first-order chi connectivity index (χ1) is 9.17. The third-order valence-electron chi connectivity index (χ3n) is 2.82. The van der Waals surface area contributed by atoms with Crippen molar-refractivity contribution in [2.45, 2.75) is 12.8 Å². The van der Waals surface area contributed by atoms with E-state index < -0.39 is 5.92 Å². The summed E-state index contributed by atoms with van der Waals surface area (Å²) in [5.41, 5.74) is 0.614. The number of hydrogen-bond acceptors (Lipinski definition) is 4. The Hall–Kier alpha value is -2.12. The molecule has 1 unspecified atom stereocenters. The van der Waals surface area contributed by atoms with Crippen molar-refractivity contribution in [3.8, 4) is 11.8 Å². The lowest BCUT2D eigenvalue weighted by Gasteiger charge is -2.11. The highest BCUT2D eigenvalue weighted by Crippen LogP contribution is 2.30. The first kappa shape index (κ1) is 13.3. The zero-order valence-electron chi connectivity index (χ0n) is 10.7. The van der Waals surface area contributed by atoms with Crippen LogP contribution in [0.4, 0.5) is 0 Å². The van der Waals surface area contributed by atoms with Gasteiger partial charge < -0.3 is 4.74 Å². The second-order valence-electron chi connectivity index (χ2n) is 4.08. The topological polar surface area (TPSA) is 50.1 Å². The highest BCUT2D eigenvalue weighted by Gasteiger charge is 2.25. The van der Waals surface area contributed by atoms with E-state index in [-0.39, 0.29) is 5.78 Å². The summed E-state index contributed by atoms with van der Waals surface area (Å²) in [7, 11) is 1.53. The van der Waals surface area contributed by atoms with Crippen molar-refractivity contribution in [1.29, 1.82) is 5.26 Å². The second-order valence-corrected chi connectivity index (χ2v) is 5.37. The van der Waals surface area contributed by atoms with Gasteiger partial charge in [0.25, 0.3) is 0 Å². The van der Waals surface area contributed by atoms with Crippen LogP contribution in [0, 0.1) is 18.3 Å². The molecule has 0 saturated carbocycles. The van der Waals surface area contributed by atoms with Crippen molar-refractivity contribution in [3.05, 3.63) is 51.7 Å². The Bertz CT molecular complexity index is 640. The number of carbonyl (C=O) groups is 1. The molecule has 0 spiro atoms. The molecule has 0 aliphatic carbocycles. The minimum atomic E-state index is -0.825. The zero-order chi connectivity index (χ0) is 13.8.